The van der Waals surface area contributed by atoms with Crippen molar-refractivity contribution in [3.63, 3.8) is 0 Å². The van der Waals surface area contributed by atoms with Gasteiger partial charge in [-0.05, 0) is 68.7 Å². The Morgan fingerprint density at radius 1 is 0.919 bits per heavy atom. The van der Waals surface area contributed by atoms with E-state index in [0.717, 1.165) is 11.1 Å². The Morgan fingerprint density at radius 3 is 2.22 bits per heavy atom. The second-order valence-corrected chi connectivity index (χ2v) is 10.8. The monoisotopic (exact) mass is 540 g/mol. The number of halogens is 2. The average Bonchev–Trinajstić information content (AvgIpc) is 2.85. The third-order valence-electron chi connectivity index (χ3n) is 5.69. The van der Waals surface area contributed by atoms with Crippen molar-refractivity contribution in [1.29, 1.82) is 0 Å². The molecule has 1 N–H and O–H groups in total. The quantitative estimate of drug-likeness (QED) is 0.275. The molecule has 0 fully saturated rings. The van der Waals surface area contributed by atoms with E-state index in [2.05, 4.69) is 5.32 Å². The van der Waals surface area contributed by atoms with Crippen molar-refractivity contribution in [3.8, 4) is 5.75 Å². The molecule has 0 aromatic heterocycles. The van der Waals surface area contributed by atoms with E-state index in [1.165, 1.54) is 0 Å². The van der Waals surface area contributed by atoms with Crippen molar-refractivity contribution >= 4 is 35.0 Å². The van der Waals surface area contributed by atoms with Crippen LogP contribution in [-0.4, -0.2) is 34.9 Å². The minimum absolute atomic E-state index is 0.135. The van der Waals surface area contributed by atoms with Crippen LogP contribution in [0.4, 0.5) is 0 Å². The number of rotatable bonds is 11. The summed E-state index contributed by atoms with van der Waals surface area (Å²) in [6, 6.07) is 23.5. The SMILES string of the molecule is CC(C)(C)NC(=O)[C@H](Cc1ccccc1)N(Cc1ccccc1Cl)C(=O)CCCOc1ccc(Cl)cc1. The van der Waals surface area contributed by atoms with Gasteiger partial charge in [0.1, 0.15) is 11.8 Å². The van der Waals surface area contributed by atoms with Crippen molar-refractivity contribution in [2.75, 3.05) is 6.61 Å². The molecule has 0 saturated carbocycles. The summed E-state index contributed by atoms with van der Waals surface area (Å²) in [5.41, 5.74) is 1.31. The number of hydrogen-bond acceptors (Lipinski definition) is 3. The van der Waals surface area contributed by atoms with E-state index in [1.54, 1.807) is 35.2 Å². The van der Waals surface area contributed by atoms with Gasteiger partial charge in [-0.2, -0.15) is 0 Å². The number of nitrogens with zero attached hydrogens (tertiary/aromatic N) is 1. The van der Waals surface area contributed by atoms with Crippen LogP contribution in [0.5, 0.6) is 5.75 Å². The summed E-state index contributed by atoms with van der Waals surface area (Å²) in [7, 11) is 0. The topological polar surface area (TPSA) is 58.6 Å². The van der Waals surface area contributed by atoms with E-state index in [-0.39, 0.29) is 24.8 Å². The molecule has 2 amide bonds. The summed E-state index contributed by atoms with van der Waals surface area (Å²) < 4.78 is 5.77. The Bertz CT molecular complexity index is 1160. The molecule has 37 heavy (non-hydrogen) atoms. The van der Waals surface area contributed by atoms with Gasteiger partial charge in [0.15, 0.2) is 0 Å². The number of carbonyl (C=O) groups is 2. The van der Waals surface area contributed by atoms with E-state index >= 15 is 0 Å². The lowest BCUT2D eigenvalue weighted by atomic mass is 10.00. The molecule has 7 heteroatoms. The maximum absolute atomic E-state index is 13.6. The summed E-state index contributed by atoms with van der Waals surface area (Å²) in [6.07, 6.45) is 1.12. The van der Waals surface area contributed by atoms with Crippen molar-refractivity contribution in [3.05, 3.63) is 100 Å². The summed E-state index contributed by atoms with van der Waals surface area (Å²) >= 11 is 12.4. The number of carbonyl (C=O) groups excluding carboxylic acids is 2. The lowest BCUT2D eigenvalue weighted by molar-refractivity contribution is -0.142. The van der Waals surface area contributed by atoms with Gasteiger partial charge in [0.05, 0.1) is 6.61 Å². The van der Waals surface area contributed by atoms with Crippen molar-refractivity contribution in [2.45, 2.75) is 58.2 Å². The summed E-state index contributed by atoms with van der Waals surface area (Å²) in [6.45, 7) is 6.38. The van der Waals surface area contributed by atoms with Gasteiger partial charge in [-0.1, -0.05) is 71.7 Å². The molecular weight excluding hydrogens is 507 g/mol. The standard InChI is InChI=1S/C30H34Cl2N2O3/c1-30(2,3)33-29(36)27(20-22-10-5-4-6-11-22)34(21-23-12-7-8-13-26(23)32)28(35)14-9-19-37-25-17-15-24(31)16-18-25/h4-8,10-13,15-18,27H,9,14,19-21H2,1-3H3,(H,33,36)/t27-/m0/s1. The highest BCUT2D eigenvalue weighted by Crippen LogP contribution is 2.22. The van der Waals surface area contributed by atoms with Gasteiger partial charge >= 0.3 is 0 Å². The van der Waals surface area contributed by atoms with Gasteiger partial charge in [-0.15, -0.1) is 0 Å². The highest BCUT2D eigenvalue weighted by molar-refractivity contribution is 6.31. The molecule has 0 aliphatic carbocycles. The first-order chi connectivity index (χ1) is 17.6. The van der Waals surface area contributed by atoms with E-state index < -0.39 is 11.6 Å². The summed E-state index contributed by atoms with van der Waals surface area (Å²) in [5, 5.41) is 4.26. The Morgan fingerprint density at radius 2 is 1.57 bits per heavy atom. The molecule has 0 unspecified atom stereocenters. The first-order valence-corrected chi connectivity index (χ1v) is 13.1. The maximum Gasteiger partial charge on any atom is 0.243 e. The number of ether oxygens (including phenoxy) is 1. The van der Waals surface area contributed by atoms with Crippen LogP contribution in [0.1, 0.15) is 44.7 Å². The molecule has 3 aromatic carbocycles. The second kappa shape index (κ2) is 13.5. The molecule has 196 valence electrons. The first-order valence-electron chi connectivity index (χ1n) is 12.4. The zero-order valence-corrected chi connectivity index (χ0v) is 23.1. The fourth-order valence-corrected chi connectivity index (χ4v) is 4.23. The predicted molar refractivity (Wildman–Crippen MR) is 150 cm³/mol. The van der Waals surface area contributed by atoms with Crippen LogP contribution >= 0.6 is 23.2 Å². The molecule has 3 rings (SSSR count). The molecule has 0 spiro atoms. The molecule has 0 bridgehead atoms. The fourth-order valence-electron chi connectivity index (χ4n) is 3.90. The molecule has 0 radical (unpaired) electrons. The van der Waals surface area contributed by atoms with Gasteiger partial charge in [-0.3, -0.25) is 9.59 Å². The molecular formula is C30H34Cl2N2O3. The minimum atomic E-state index is -0.706. The van der Waals surface area contributed by atoms with Crippen LogP contribution in [0.2, 0.25) is 10.0 Å². The van der Waals surface area contributed by atoms with E-state index in [1.807, 2.05) is 69.3 Å². The molecule has 0 heterocycles. The van der Waals surface area contributed by atoms with Crippen LogP contribution in [0.15, 0.2) is 78.9 Å². The Balaban J connectivity index is 1.81. The van der Waals surface area contributed by atoms with Crippen LogP contribution in [-0.2, 0) is 22.6 Å². The zero-order valence-electron chi connectivity index (χ0n) is 21.5. The number of benzene rings is 3. The Hall–Kier alpha value is -3.02. The predicted octanol–water partition coefficient (Wildman–Crippen LogP) is 6.71. The number of amides is 2. The first kappa shape index (κ1) is 28.5. The average molecular weight is 542 g/mol. The van der Waals surface area contributed by atoms with Crippen LogP contribution in [0.25, 0.3) is 0 Å². The summed E-state index contributed by atoms with van der Waals surface area (Å²) in [5.74, 6) is 0.357. The highest BCUT2D eigenvalue weighted by Gasteiger charge is 2.32. The number of nitrogens with one attached hydrogen (secondary N) is 1. The maximum atomic E-state index is 13.6. The lowest BCUT2D eigenvalue weighted by Gasteiger charge is -2.34. The van der Waals surface area contributed by atoms with Crippen molar-refractivity contribution in [1.82, 2.24) is 10.2 Å². The molecule has 0 aliphatic heterocycles. The third kappa shape index (κ3) is 9.42. The number of hydrogen-bond donors (Lipinski definition) is 1. The Labute approximate surface area is 229 Å². The minimum Gasteiger partial charge on any atom is -0.494 e. The van der Waals surface area contributed by atoms with Gasteiger partial charge in [0.25, 0.3) is 0 Å². The van der Waals surface area contributed by atoms with E-state index in [4.69, 9.17) is 27.9 Å². The molecule has 0 aliphatic rings. The normalized spacial score (nSPS) is 12.0. The van der Waals surface area contributed by atoms with Gasteiger partial charge < -0.3 is 15.0 Å². The van der Waals surface area contributed by atoms with Gasteiger partial charge in [-0.25, -0.2) is 0 Å². The third-order valence-corrected chi connectivity index (χ3v) is 6.31. The van der Waals surface area contributed by atoms with Gasteiger partial charge in [0.2, 0.25) is 11.8 Å². The van der Waals surface area contributed by atoms with Crippen LogP contribution < -0.4 is 10.1 Å². The van der Waals surface area contributed by atoms with Crippen molar-refractivity contribution < 1.29 is 14.3 Å². The second-order valence-electron chi connectivity index (χ2n) is 9.96. The lowest BCUT2D eigenvalue weighted by Crippen LogP contribution is -2.54. The van der Waals surface area contributed by atoms with Crippen LogP contribution in [0, 0.1) is 0 Å². The van der Waals surface area contributed by atoms with Gasteiger partial charge in [0, 0.05) is 35.0 Å². The molecule has 3 aromatic rings. The zero-order chi connectivity index (χ0) is 26.8. The van der Waals surface area contributed by atoms with Crippen molar-refractivity contribution in [2.24, 2.45) is 0 Å². The van der Waals surface area contributed by atoms with Crippen LogP contribution in [0.3, 0.4) is 0 Å². The van der Waals surface area contributed by atoms with E-state index in [9.17, 15) is 9.59 Å². The van der Waals surface area contributed by atoms with E-state index in [0.29, 0.717) is 35.2 Å². The Kier molecular flexibility index (Phi) is 10.4. The largest absolute Gasteiger partial charge is 0.494 e. The summed E-state index contributed by atoms with van der Waals surface area (Å²) in [4.78, 5) is 28.9. The molecule has 1 atom stereocenters. The molecule has 5 nitrogen and oxygen atoms in total. The fraction of sp³-hybridized carbons (Fsp3) is 0.333. The molecule has 0 saturated heterocycles. The highest BCUT2D eigenvalue weighted by atomic mass is 35.5. The smallest absolute Gasteiger partial charge is 0.243 e.